The van der Waals surface area contributed by atoms with E-state index >= 15 is 0 Å². The molecule has 1 aromatic carbocycles. The highest BCUT2D eigenvalue weighted by atomic mass is 19.3. The molecule has 0 aliphatic rings. The standard InChI is InChI=1S/C13H13F2N3O3/c1-8-3-2-4-9(7-8)21-6-5-18-11(12(14)15)10(13(19)20)16-17-18/h2-4,7,12H,5-6H2,1H3,(H,19,20). The Bertz CT molecular complexity index is 643. The number of halogens is 2. The predicted octanol–water partition coefficient (Wildman–Crippen LogP) is 2.30. The van der Waals surface area contributed by atoms with Crippen molar-refractivity contribution in [1.29, 1.82) is 0 Å². The maximum absolute atomic E-state index is 12.9. The van der Waals surface area contributed by atoms with Crippen LogP contribution in [-0.2, 0) is 6.54 Å². The van der Waals surface area contributed by atoms with Gasteiger partial charge in [0.25, 0.3) is 6.43 Å². The number of benzene rings is 1. The van der Waals surface area contributed by atoms with Gasteiger partial charge in [-0.05, 0) is 24.6 Å². The highest BCUT2D eigenvalue weighted by Gasteiger charge is 2.26. The first-order valence-electron chi connectivity index (χ1n) is 6.13. The van der Waals surface area contributed by atoms with E-state index in [1.807, 2.05) is 19.1 Å². The number of carbonyl (C=O) groups is 1. The van der Waals surface area contributed by atoms with E-state index < -0.39 is 23.8 Å². The fourth-order valence-electron chi connectivity index (χ4n) is 1.81. The molecule has 6 nitrogen and oxygen atoms in total. The molecule has 0 fully saturated rings. The van der Waals surface area contributed by atoms with Gasteiger partial charge in [-0.25, -0.2) is 18.3 Å². The van der Waals surface area contributed by atoms with E-state index in [-0.39, 0.29) is 13.2 Å². The van der Waals surface area contributed by atoms with Gasteiger partial charge in [0.1, 0.15) is 18.1 Å². The van der Waals surface area contributed by atoms with Crippen LogP contribution in [0.1, 0.15) is 28.2 Å². The highest BCUT2D eigenvalue weighted by Crippen LogP contribution is 2.21. The monoisotopic (exact) mass is 297 g/mol. The Kier molecular flexibility index (Phi) is 4.46. The van der Waals surface area contributed by atoms with Crippen LogP contribution in [0.5, 0.6) is 5.75 Å². The molecule has 0 spiro atoms. The van der Waals surface area contributed by atoms with E-state index in [1.165, 1.54) is 0 Å². The Morgan fingerprint density at radius 2 is 2.24 bits per heavy atom. The van der Waals surface area contributed by atoms with Crippen LogP contribution in [0.25, 0.3) is 0 Å². The number of aromatic carboxylic acids is 1. The zero-order valence-corrected chi connectivity index (χ0v) is 11.2. The average Bonchev–Trinajstić information content (AvgIpc) is 2.83. The number of aryl methyl sites for hydroxylation is 1. The minimum absolute atomic E-state index is 0.0199. The SMILES string of the molecule is Cc1cccc(OCCn2nnc(C(=O)O)c2C(F)F)c1. The molecule has 0 bridgehead atoms. The summed E-state index contributed by atoms with van der Waals surface area (Å²) in [6.45, 7) is 1.96. The van der Waals surface area contributed by atoms with Crippen molar-refractivity contribution in [2.45, 2.75) is 19.9 Å². The minimum Gasteiger partial charge on any atom is -0.492 e. The molecule has 0 amide bonds. The molecule has 1 heterocycles. The zero-order chi connectivity index (χ0) is 15.4. The number of ether oxygens (including phenoxy) is 1. The number of nitrogens with zero attached hydrogens (tertiary/aromatic N) is 3. The maximum atomic E-state index is 12.9. The van der Waals surface area contributed by atoms with Gasteiger partial charge >= 0.3 is 5.97 Å². The van der Waals surface area contributed by atoms with Crippen LogP contribution in [0.3, 0.4) is 0 Å². The second-order valence-corrected chi connectivity index (χ2v) is 4.32. The van der Waals surface area contributed by atoms with E-state index in [0.717, 1.165) is 10.2 Å². The molecule has 2 aromatic rings. The summed E-state index contributed by atoms with van der Waals surface area (Å²) in [4.78, 5) is 10.8. The van der Waals surface area contributed by atoms with E-state index in [2.05, 4.69) is 10.3 Å². The van der Waals surface area contributed by atoms with Gasteiger partial charge in [-0.3, -0.25) is 0 Å². The lowest BCUT2D eigenvalue weighted by Crippen LogP contribution is -2.14. The van der Waals surface area contributed by atoms with Crippen LogP contribution in [0, 0.1) is 6.92 Å². The molecule has 0 unspecified atom stereocenters. The lowest BCUT2D eigenvalue weighted by atomic mass is 10.2. The zero-order valence-electron chi connectivity index (χ0n) is 11.2. The summed E-state index contributed by atoms with van der Waals surface area (Å²) >= 11 is 0. The van der Waals surface area contributed by atoms with Crippen molar-refractivity contribution < 1.29 is 23.4 Å². The molecule has 0 aliphatic heterocycles. The largest absolute Gasteiger partial charge is 0.492 e. The molecule has 2 rings (SSSR count). The van der Waals surface area contributed by atoms with Gasteiger partial charge < -0.3 is 9.84 Å². The molecular weight excluding hydrogens is 284 g/mol. The topological polar surface area (TPSA) is 77.2 Å². The van der Waals surface area contributed by atoms with E-state index in [1.54, 1.807) is 12.1 Å². The average molecular weight is 297 g/mol. The number of rotatable bonds is 6. The number of hydrogen-bond acceptors (Lipinski definition) is 4. The number of alkyl halides is 2. The second kappa shape index (κ2) is 6.29. The second-order valence-electron chi connectivity index (χ2n) is 4.32. The first-order valence-corrected chi connectivity index (χ1v) is 6.13. The van der Waals surface area contributed by atoms with Gasteiger partial charge in [-0.1, -0.05) is 17.3 Å². The van der Waals surface area contributed by atoms with Gasteiger partial charge in [0.2, 0.25) is 0 Å². The lowest BCUT2D eigenvalue weighted by Gasteiger charge is -2.08. The Balaban J connectivity index is 2.05. The van der Waals surface area contributed by atoms with Crippen molar-refractivity contribution in [3.8, 4) is 5.75 Å². The van der Waals surface area contributed by atoms with Crippen LogP contribution in [0.4, 0.5) is 8.78 Å². The fraction of sp³-hybridized carbons (Fsp3) is 0.308. The van der Waals surface area contributed by atoms with Gasteiger partial charge in [-0.15, -0.1) is 5.10 Å². The van der Waals surface area contributed by atoms with Crippen LogP contribution < -0.4 is 4.74 Å². The third-order valence-corrected chi connectivity index (χ3v) is 2.74. The van der Waals surface area contributed by atoms with Gasteiger partial charge in [0, 0.05) is 0 Å². The van der Waals surface area contributed by atoms with E-state index in [9.17, 15) is 13.6 Å². The summed E-state index contributed by atoms with van der Waals surface area (Å²) in [6, 6.07) is 7.26. The minimum atomic E-state index is -2.97. The molecule has 0 aliphatic carbocycles. The fourth-order valence-corrected chi connectivity index (χ4v) is 1.81. The number of aromatic nitrogens is 3. The molecule has 8 heteroatoms. The van der Waals surface area contributed by atoms with Crippen molar-refractivity contribution >= 4 is 5.97 Å². The van der Waals surface area contributed by atoms with Crippen LogP contribution in [-0.4, -0.2) is 32.7 Å². The third-order valence-electron chi connectivity index (χ3n) is 2.74. The first-order chi connectivity index (χ1) is 9.99. The van der Waals surface area contributed by atoms with Gasteiger partial charge in [0.15, 0.2) is 5.69 Å². The summed E-state index contributed by atoms with van der Waals surface area (Å²) < 4.78 is 32.0. The predicted molar refractivity (Wildman–Crippen MR) is 68.6 cm³/mol. The molecule has 0 saturated heterocycles. The molecule has 1 aromatic heterocycles. The summed E-state index contributed by atoms with van der Waals surface area (Å²) in [7, 11) is 0. The molecule has 0 radical (unpaired) electrons. The smallest absolute Gasteiger partial charge is 0.358 e. The summed E-state index contributed by atoms with van der Waals surface area (Å²) in [6.07, 6.45) is -2.97. The van der Waals surface area contributed by atoms with E-state index in [0.29, 0.717) is 5.75 Å². The Hall–Kier alpha value is -2.51. The van der Waals surface area contributed by atoms with Crippen LogP contribution >= 0.6 is 0 Å². The van der Waals surface area contributed by atoms with Crippen LogP contribution in [0.2, 0.25) is 0 Å². The highest BCUT2D eigenvalue weighted by molar-refractivity contribution is 5.86. The maximum Gasteiger partial charge on any atom is 0.358 e. The third kappa shape index (κ3) is 3.53. The molecule has 0 saturated carbocycles. The molecule has 0 atom stereocenters. The molecule has 1 N–H and O–H groups in total. The summed E-state index contributed by atoms with van der Waals surface area (Å²) in [5.74, 6) is -0.927. The number of hydrogen-bond donors (Lipinski definition) is 1. The summed E-state index contributed by atoms with van der Waals surface area (Å²) in [5.41, 5.74) is -0.439. The molecule has 112 valence electrons. The first kappa shape index (κ1) is 14.9. The Morgan fingerprint density at radius 1 is 1.48 bits per heavy atom. The normalized spacial score (nSPS) is 10.9. The van der Waals surface area contributed by atoms with Crippen molar-refractivity contribution in [2.24, 2.45) is 0 Å². The van der Waals surface area contributed by atoms with Crippen LogP contribution in [0.15, 0.2) is 24.3 Å². The van der Waals surface area contributed by atoms with Gasteiger partial charge in [0.05, 0.1) is 6.54 Å². The van der Waals surface area contributed by atoms with E-state index in [4.69, 9.17) is 9.84 Å². The van der Waals surface area contributed by atoms with Crippen molar-refractivity contribution in [2.75, 3.05) is 6.61 Å². The van der Waals surface area contributed by atoms with Gasteiger partial charge in [-0.2, -0.15) is 0 Å². The quantitative estimate of drug-likeness (QED) is 0.885. The Labute approximate surface area is 119 Å². The Morgan fingerprint density at radius 3 is 2.86 bits per heavy atom. The van der Waals surface area contributed by atoms with Crippen molar-refractivity contribution in [3.63, 3.8) is 0 Å². The van der Waals surface area contributed by atoms with Crippen molar-refractivity contribution in [3.05, 3.63) is 41.2 Å². The molecule has 21 heavy (non-hydrogen) atoms. The lowest BCUT2D eigenvalue weighted by molar-refractivity contribution is 0.0675. The number of carboxylic acid groups (broad SMARTS) is 1. The molecular formula is C13H13F2N3O3. The number of carboxylic acids is 1. The summed E-state index contributed by atoms with van der Waals surface area (Å²) in [5, 5.41) is 15.5. The van der Waals surface area contributed by atoms with Crippen molar-refractivity contribution in [1.82, 2.24) is 15.0 Å².